The molecule has 0 bridgehead atoms. The van der Waals surface area contributed by atoms with Gasteiger partial charge in [0.1, 0.15) is 11.5 Å². The van der Waals surface area contributed by atoms with Gasteiger partial charge in [0.2, 0.25) is 0 Å². The number of benzene rings is 2. The predicted octanol–water partition coefficient (Wildman–Crippen LogP) is 3.08. The number of nitrogen functional groups attached to an aromatic ring is 1. The van der Waals surface area contributed by atoms with Crippen LogP contribution in [0.4, 0.5) is 5.69 Å². The van der Waals surface area contributed by atoms with Crippen molar-refractivity contribution in [2.45, 2.75) is 6.92 Å². The van der Waals surface area contributed by atoms with Crippen molar-refractivity contribution < 1.29 is 9.84 Å². The summed E-state index contributed by atoms with van der Waals surface area (Å²) in [5.74, 6) is 1.40. The summed E-state index contributed by atoms with van der Waals surface area (Å²) in [6, 6.07) is 12.3. The Bertz CT molecular complexity index is 492. The quantitative estimate of drug-likeness (QED) is 0.757. The molecule has 82 valence electrons. The standard InChI is InChI=1S/C13H13NO2/c1-9-2-5-11(6-3-9)16-13-7-4-10(15)8-12(13)14/h2-8,15H,14H2,1H3. The number of phenols is 1. The fourth-order valence-electron chi connectivity index (χ4n) is 1.36. The van der Waals surface area contributed by atoms with Crippen LogP contribution in [0.3, 0.4) is 0 Å². The monoisotopic (exact) mass is 215 g/mol. The molecule has 16 heavy (non-hydrogen) atoms. The zero-order chi connectivity index (χ0) is 11.5. The third-order valence-corrected chi connectivity index (χ3v) is 2.24. The summed E-state index contributed by atoms with van der Waals surface area (Å²) in [5, 5.41) is 9.20. The Balaban J connectivity index is 2.23. The maximum atomic E-state index is 9.20. The number of rotatable bonds is 2. The molecule has 0 saturated heterocycles. The van der Waals surface area contributed by atoms with Crippen LogP contribution < -0.4 is 10.5 Å². The topological polar surface area (TPSA) is 55.5 Å². The first-order valence-corrected chi connectivity index (χ1v) is 4.98. The molecule has 2 rings (SSSR count). The number of hydrogen-bond acceptors (Lipinski definition) is 3. The van der Waals surface area contributed by atoms with Crippen molar-refractivity contribution in [2.75, 3.05) is 5.73 Å². The normalized spacial score (nSPS) is 10.1. The van der Waals surface area contributed by atoms with Crippen LogP contribution in [0.1, 0.15) is 5.56 Å². The zero-order valence-corrected chi connectivity index (χ0v) is 8.97. The minimum Gasteiger partial charge on any atom is -0.508 e. The molecule has 0 aliphatic carbocycles. The predicted molar refractivity (Wildman–Crippen MR) is 63.8 cm³/mol. The van der Waals surface area contributed by atoms with Crippen LogP contribution in [0.15, 0.2) is 42.5 Å². The molecule has 0 saturated carbocycles. The van der Waals surface area contributed by atoms with Crippen molar-refractivity contribution in [3.05, 3.63) is 48.0 Å². The zero-order valence-electron chi connectivity index (χ0n) is 8.97. The van der Waals surface area contributed by atoms with E-state index in [2.05, 4.69) is 0 Å². The van der Waals surface area contributed by atoms with E-state index in [9.17, 15) is 5.11 Å². The first-order valence-electron chi connectivity index (χ1n) is 4.98. The van der Waals surface area contributed by atoms with Gasteiger partial charge in [0.05, 0.1) is 5.69 Å². The van der Waals surface area contributed by atoms with Gasteiger partial charge in [-0.2, -0.15) is 0 Å². The molecule has 3 N–H and O–H groups in total. The van der Waals surface area contributed by atoms with Gasteiger partial charge in [-0.05, 0) is 31.2 Å². The van der Waals surface area contributed by atoms with E-state index < -0.39 is 0 Å². The number of ether oxygens (including phenoxy) is 1. The SMILES string of the molecule is Cc1ccc(Oc2ccc(O)cc2N)cc1. The van der Waals surface area contributed by atoms with Crippen LogP contribution in [-0.4, -0.2) is 5.11 Å². The van der Waals surface area contributed by atoms with Crippen LogP contribution in [0.2, 0.25) is 0 Å². The summed E-state index contributed by atoms with van der Waals surface area (Å²) in [6.07, 6.45) is 0. The maximum absolute atomic E-state index is 9.20. The van der Waals surface area contributed by atoms with Gasteiger partial charge in [-0.15, -0.1) is 0 Å². The Morgan fingerprint density at radius 1 is 1.06 bits per heavy atom. The van der Waals surface area contributed by atoms with Crippen LogP contribution in [0.25, 0.3) is 0 Å². The van der Waals surface area contributed by atoms with Crippen molar-refractivity contribution >= 4 is 5.69 Å². The Morgan fingerprint density at radius 3 is 2.38 bits per heavy atom. The molecular formula is C13H13NO2. The van der Waals surface area contributed by atoms with Crippen LogP contribution in [0, 0.1) is 6.92 Å². The minimum absolute atomic E-state index is 0.133. The van der Waals surface area contributed by atoms with Gasteiger partial charge in [-0.3, -0.25) is 0 Å². The second-order valence-corrected chi connectivity index (χ2v) is 3.64. The van der Waals surface area contributed by atoms with Gasteiger partial charge in [0.15, 0.2) is 5.75 Å². The third-order valence-electron chi connectivity index (χ3n) is 2.24. The maximum Gasteiger partial charge on any atom is 0.150 e. The highest BCUT2D eigenvalue weighted by atomic mass is 16.5. The molecule has 0 amide bonds. The summed E-state index contributed by atoms with van der Waals surface area (Å²) >= 11 is 0. The van der Waals surface area contributed by atoms with E-state index in [1.54, 1.807) is 12.1 Å². The molecule has 0 fully saturated rings. The summed E-state index contributed by atoms with van der Waals surface area (Å²) in [5.41, 5.74) is 7.30. The number of aromatic hydroxyl groups is 1. The molecule has 0 radical (unpaired) electrons. The lowest BCUT2D eigenvalue weighted by Gasteiger charge is -2.08. The highest BCUT2D eigenvalue weighted by Crippen LogP contribution is 2.30. The van der Waals surface area contributed by atoms with Crippen LogP contribution in [-0.2, 0) is 0 Å². The van der Waals surface area contributed by atoms with E-state index in [4.69, 9.17) is 10.5 Å². The molecular weight excluding hydrogens is 202 g/mol. The van der Waals surface area contributed by atoms with E-state index in [1.807, 2.05) is 31.2 Å². The summed E-state index contributed by atoms with van der Waals surface area (Å²) in [6.45, 7) is 2.01. The lowest BCUT2D eigenvalue weighted by atomic mass is 10.2. The Hall–Kier alpha value is -2.16. The molecule has 0 aliphatic heterocycles. The molecule has 0 aliphatic rings. The largest absolute Gasteiger partial charge is 0.508 e. The van der Waals surface area contributed by atoms with E-state index in [-0.39, 0.29) is 5.75 Å². The number of hydrogen-bond donors (Lipinski definition) is 2. The van der Waals surface area contributed by atoms with E-state index in [1.165, 1.54) is 11.6 Å². The molecule has 0 unspecified atom stereocenters. The number of nitrogens with two attached hydrogens (primary N) is 1. The van der Waals surface area contributed by atoms with Gasteiger partial charge in [0, 0.05) is 6.07 Å². The van der Waals surface area contributed by atoms with Crippen LogP contribution >= 0.6 is 0 Å². The Kier molecular flexibility index (Phi) is 2.68. The van der Waals surface area contributed by atoms with Crippen molar-refractivity contribution in [3.63, 3.8) is 0 Å². The first kappa shape index (κ1) is 10.4. The molecule has 3 nitrogen and oxygen atoms in total. The smallest absolute Gasteiger partial charge is 0.150 e. The Morgan fingerprint density at radius 2 is 1.75 bits per heavy atom. The van der Waals surface area contributed by atoms with E-state index in [0.29, 0.717) is 11.4 Å². The number of anilines is 1. The molecule has 0 heterocycles. The minimum atomic E-state index is 0.133. The molecule has 0 aromatic heterocycles. The van der Waals surface area contributed by atoms with Crippen molar-refractivity contribution in [1.82, 2.24) is 0 Å². The number of phenolic OH excluding ortho intramolecular Hbond substituents is 1. The Labute approximate surface area is 94.1 Å². The first-order chi connectivity index (χ1) is 7.65. The fraction of sp³-hybridized carbons (Fsp3) is 0.0769. The molecule has 3 heteroatoms. The van der Waals surface area contributed by atoms with Crippen molar-refractivity contribution in [2.24, 2.45) is 0 Å². The van der Waals surface area contributed by atoms with E-state index >= 15 is 0 Å². The van der Waals surface area contributed by atoms with Gasteiger partial charge in [0.25, 0.3) is 0 Å². The summed E-state index contributed by atoms with van der Waals surface area (Å²) < 4.78 is 5.58. The second-order valence-electron chi connectivity index (χ2n) is 3.64. The lowest BCUT2D eigenvalue weighted by molar-refractivity contribution is 0.466. The van der Waals surface area contributed by atoms with Gasteiger partial charge in [-0.1, -0.05) is 17.7 Å². The van der Waals surface area contributed by atoms with Gasteiger partial charge in [-0.25, -0.2) is 0 Å². The third kappa shape index (κ3) is 2.25. The molecule has 0 spiro atoms. The van der Waals surface area contributed by atoms with E-state index in [0.717, 1.165) is 5.75 Å². The average Bonchev–Trinajstić information content (AvgIpc) is 2.25. The van der Waals surface area contributed by atoms with Gasteiger partial charge >= 0.3 is 0 Å². The second kappa shape index (κ2) is 4.14. The fourth-order valence-corrected chi connectivity index (χ4v) is 1.36. The highest BCUT2D eigenvalue weighted by molar-refractivity contribution is 5.57. The van der Waals surface area contributed by atoms with Gasteiger partial charge < -0.3 is 15.6 Å². The summed E-state index contributed by atoms with van der Waals surface area (Å²) in [4.78, 5) is 0. The highest BCUT2D eigenvalue weighted by Gasteiger charge is 2.02. The van der Waals surface area contributed by atoms with Crippen molar-refractivity contribution in [1.29, 1.82) is 0 Å². The molecule has 0 atom stereocenters. The lowest BCUT2D eigenvalue weighted by Crippen LogP contribution is -1.91. The molecule has 2 aromatic rings. The average molecular weight is 215 g/mol. The molecule has 2 aromatic carbocycles. The van der Waals surface area contributed by atoms with Crippen LogP contribution in [0.5, 0.6) is 17.2 Å². The number of aryl methyl sites for hydroxylation is 1. The summed E-state index contributed by atoms with van der Waals surface area (Å²) in [7, 11) is 0. The van der Waals surface area contributed by atoms with Crippen molar-refractivity contribution in [3.8, 4) is 17.2 Å².